The minimum atomic E-state index is -0.438. The molecular formula is C22H17FN4O3S. The number of esters is 1. The molecule has 7 nitrogen and oxygen atoms in total. The lowest BCUT2D eigenvalue weighted by Gasteiger charge is -2.06. The number of nitrogens with zero attached hydrogens (tertiary/aromatic N) is 2. The van der Waals surface area contributed by atoms with Crippen LogP contribution in [0.5, 0.6) is 0 Å². The number of nitrogens with one attached hydrogen (secondary N) is 2. The van der Waals surface area contributed by atoms with Crippen LogP contribution in [0.25, 0.3) is 22.2 Å². The molecule has 31 heavy (non-hydrogen) atoms. The number of aromatic nitrogens is 3. The lowest BCUT2D eigenvalue weighted by molar-refractivity contribution is -0.113. The monoisotopic (exact) mass is 436 g/mol. The Labute approximate surface area is 181 Å². The predicted molar refractivity (Wildman–Crippen MR) is 116 cm³/mol. The first-order valence-electron chi connectivity index (χ1n) is 9.24. The number of halogens is 1. The van der Waals surface area contributed by atoms with E-state index in [2.05, 4.69) is 25.0 Å². The normalized spacial score (nSPS) is 10.8. The van der Waals surface area contributed by atoms with E-state index < -0.39 is 5.97 Å². The Morgan fingerprint density at radius 2 is 1.84 bits per heavy atom. The lowest BCUT2D eigenvalue weighted by atomic mass is 10.1. The minimum Gasteiger partial charge on any atom is -0.465 e. The Bertz CT molecular complexity index is 1240. The molecule has 9 heteroatoms. The molecule has 0 radical (unpaired) electrons. The molecule has 1 amide bonds. The van der Waals surface area contributed by atoms with Gasteiger partial charge in [0.2, 0.25) is 5.91 Å². The summed E-state index contributed by atoms with van der Waals surface area (Å²) in [5.41, 5.74) is 4.04. The van der Waals surface area contributed by atoms with Crippen molar-refractivity contribution in [2.75, 3.05) is 18.2 Å². The summed E-state index contributed by atoms with van der Waals surface area (Å²) in [5.74, 6) is -0.823. The number of aromatic amines is 1. The van der Waals surface area contributed by atoms with Crippen molar-refractivity contribution in [3.63, 3.8) is 0 Å². The number of hydrogen-bond donors (Lipinski definition) is 2. The molecule has 0 aliphatic rings. The van der Waals surface area contributed by atoms with E-state index >= 15 is 0 Å². The summed E-state index contributed by atoms with van der Waals surface area (Å²) in [4.78, 5) is 35.6. The lowest BCUT2D eigenvalue weighted by Crippen LogP contribution is -2.14. The zero-order valence-corrected chi connectivity index (χ0v) is 17.2. The Balaban J connectivity index is 1.45. The van der Waals surface area contributed by atoms with Crippen LogP contribution in [0.4, 0.5) is 10.1 Å². The average Bonchev–Trinajstić information content (AvgIpc) is 3.23. The summed E-state index contributed by atoms with van der Waals surface area (Å²) in [6.07, 6.45) is 3.23. The fraction of sp³-hybridized carbons (Fsp3) is 0.0909. The Hall–Kier alpha value is -3.72. The fourth-order valence-corrected chi connectivity index (χ4v) is 3.78. The third-order valence-corrected chi connectivity index (χ3v) is 5.50. The van der Waals surface area contributed by atoms with Crippen LogP contribution in [0.2, 0.25) is 0 Å². The molecule has 0 aliphatic heterocycles. The third kappa shape index (κ3) is 4.56. The van der Waals surface area contributed by atoms with Crippen molar-refractivity contribution in [1.82, 2.24) is 15.0 Å². The molecule has 0 fully saturated rings. The maximum Gasteiger partial charge on any atom is 0.337 e. The number of ether oxygens (including phenoxy) is 1. The summed E-state index contributed by atoms with van der Waals surface area (Å²) >= 11 is 1.27. The standard InChI is InChI=1S/C22H17FN4O3S/c1-30-22(29)14-4-8-16(9-5-14)27-18(28)11-31-21-20-19(25-12-26-21)17(10-24-20)13-2-6-15(23)7-3-13/h2-10,12,24H,11H2,1H3,(H,27,28). The first-order chi connectivity index (χ1) is 15.0. The van der Waals surface area contributed by atoms with E-state index in [1.807, 2.05) is 0 Å². The molecule has 0 saturated carbocycles. The van der Waals surface area contributed by atoms with Crippen LogP contribution in [-0.4, -0.2) is 39.7 Å². The highest BCUT2D eigenvalue weighted by Gasteiger charge is 2.14. The van der Waals surface area contributed by atoms with Gasteiger partial charge in [-0.25, -0.2) is 19.2 Å². The number of hydrogen-bond acceptors (Lipinski definition) is 6. The van der Waals surface area contributed by atoms with Crippen LogP contribution < -0.4 is 5.32 Å². The molecule has 2 N–H and O–H groups in total. The fourth-order valence-electron chi connectivity index (χ4n) is 3.01. The average molecular weight is 436 g/mol. The van der Waals surface area contributed by atoms with Crippen LogP contribution >= 0.6 is 11.8 Å². The number of benzene rings is 2. The third-order valence-electron chi connectivity index (χ3n) is 4.51. The zero-order valence-electron chi connectivity index (χ0n) is 16.4. The van der Waals surface area contributed by atoms with Crippen LogP contribution in [-0.2, 0) is 9.53 Å². The summed E-state index contributed by atoms with van der Waals surface area (Å²) < 4.78 is 17.9. The number of amides is 1. The van der Waals surface area contributed by atoms with E-state index in [1.54, 1.807) is 42.6 Å². The molecule has 0 spiro atoms. The SMILES string of the molecule is COC(=O)c1ccc(NC(=O)CSc2ncnc3c(-c4ccc(F)cc4)c[nH]c23)cc1. The second-order valence-electron chi connectivity index (χ2n) is 6.52. The maximum absolute atomic E-state index is 13.2. The summed E-state index contributed by atoms with van der Waals surface area (Å²) in [6.45, 7) is 0. The van der Waals surface area contributed by atoms with Crippen molar-refractivity contribution in [1.29, 1.82) is 0 Å². The zero-order chi connectivity index (χ0) is 21.8. The van der Waals surface area contributed by atoms with Gasteiger partial charge in [-0.1, -0.05) is 23.9 Å². The molecule has 0 aliphatic carbocycles. The second-order valence-corrected chi connectivity index (χ2v) is 7.48. The first-order valence-corrected chi connectivity index (χ1v) is 10.2. The van der Waals surface area contributed by atoms with Gasteiger partial charge in [0.05, 0.1) is 23.9 Å². The first kappa shape index (κ1) is 20.5. The topological polar surface area (TPSA) is 97.0 Å². The highest BCUT2D eigenvalue weighted by Crippen LogP contribution is 2.31. The second kappa shape index (κ2) is 8.97. The summed E-state index contributed by atoms with van der Waals surface area (Å²) in [7, 11) is 1.31. The summed E-state index contributed by atoms with van der Waals surface area (Å²) in [5, 5.41) is 3.41. The van der Waals surface area contributed by atoms with Gasteiger partial charge in [0, 0.05) is 17.4 Å². The van der Waals surface area contributed by atoms with E-state index in [9.17, 15) is 14.0 Å². The van der Waals surface area contributed by atoms with Crippen molar-refractivity contribution in [3.05, 3.63) is 72.4 Å². The smallest absolute Gasteiger partial charge is 0.337 e. The molecule has 4 rings (SSSR count). The van der Waals surface area contributed by atoms with E-state index in [0.29, 0.717) is 27.3 Å². The number of anilines is 1. The Morgan fingerprint density at radius 3 is 2.55 bits per heavy atom. The van der Waals surface area contributed by atoms with Crippen LogP contribution in [0, 0.1) is 5.82 Å². The Kier molecular flexibility index (Phi) is 5.94. The molecule has 2 aromatic heterocycles. The number of carbonyl (C=O) groups is 2. The van der Waals surface area contributed by atoms with E-state index in [-0.39, 0.29) is 17.5 Å². The molecule has 4 aromatic rings. The molecule has 2 aromatic carbocycles. The maximum atomic E-state index is 13.2. The van der Waals surface area contributed by atoms with Gasteiger partial charge in [-0.05, 0) is 42.0 Å². The largest absolute Gasteiger partial charge is 0.465 e. The van der Waals surface area contributed by atoms with Gasteiger partial charge < -0.3 is 15.0 Å². The van der Waals surface area contributed by atoms with Crippen molar-refractivity contribution in [2.45, 2.75) is 5.03 Å². The van der Waals surface area contributed by atoms with Gasteiger partial charge in [0.15, 0.2) is 0 Å². The van der Waals surface area contributed by atoms with Crippen LogP contribution in [0.1, 0.15) is 10.4 Å². The van der Waals surface area contributed by atoms with E-state index in [1.165, 1.54) is 37.3 Å². The highest BCUT2D eigenvalue weighted by molar-refractivity contribution is 8.00. The van der Waals surface area contributed by atoms with Gasteiger partial charge in [-0.15, -0.1) is 0 Å². The van der Waals surface area contributed by atoms with Crippen molar-refractivity contribution < 1.29 is 18.7 Å². The van der Waals surface area contributed by atoms with Crippen LogP contribution in [0.15, 0.2) is 66.1 Å². The number of methoxy groups -OCH3 is 1. The molecule has 0 unspecified atom stereocenters. The molecule has 156 valence electrons. The Morgan fingerprint density at radius 1 is 1.10 bits per heavy atom. The minimum absolute atomic E-state index is 0.135. The van der Waals surface area contributed by atoms with Gasteiger partial charge in [0.1, 0.15) is 22.7 Å². The van der Waals surface area contributed by atoms with E-state index in [4.69, 9.17) is 0 Å². The van der Waals surface area contributed by atoms with Crippen LogP contribution in [0.3, 0.4) is 0 Å². The molecule has 0 atom stereocenters. The molecule has 0 bridgehead atoms. The number of fused-ring (bicyclic) bond motifs is 1. The number of carbonyl (C=O) groups excluding carboxylic acids is 2. The van der Waals surface area contributed by atoms with Crippen molar-refractivity contribution in [2.24, 2.45) is 0 Å². The number of thioether (sulfide) groups is 1. The van der Waals surface area contributed by atoms with E-state index in [0.717, 1.165) is 11.1 Å². The van der Waals surface area contributed by atoms with Gasteiger partial charge in [-0.2, -0.15) is 0 Å². The molecular weight excluding hydrogens is 419 g/mol. The van der Waals surface area contributed by atoms with Gasteiger partial charge in [0.25, 0.3) is 0 Å². The number of rotatable bonds is 6. The molecule has 0 saturated heterocycles. The van der Waals surface area contributed by atoms with Crippen molar-refractivity contribution >= 4 is 40.4 Å². The summed E-state index contributed by atoms with van der Waals surface area (Å²) in [6, 6.07) is 12.6. The quantitative estimate of drug-likeness (QED) is 0.266. The predicted octanol–water partition coefficient (Wildman–Crippen LogP) is 4.28. The highest BCUT2D eigenvalue weighted by atomic mass is 32.2. The molecule has 2 heterocycles. The van der Waals surface area contributed by atoms with Gasteiger partial charge >= 0.3 is 5.97 Å². The number of H-pyrrole nitrogens is 1. The van der Waals surface area contributed by atoms with Crippen molar-refractivity contribution in [3.8, 4) is 11.1 Å². The van der Waals surface area contributed by atoms with Gasteiger partial charge in [-0.3, -0.25) is 4.79 Å².